The van der Waals surface area contributed by atoms with E-state index in [9.17, 15) is 9.90 Å². The molecule has 4 heteroatoms. The molecule has 0 spiro atoms. The molecule has 0 unspecified atom stereocenters. The summed E-state index contributed by atoms with van der Waals surface area (Å²) < 4.78 is 4.65. The highest BCUT2D eigenvalue weighted by molar-refractivity contribution is 5.73. The average molecular weight is 187 g/mol. The van der Waals surface area contributed by atoms with E-state index in [0.29, 0.717) is 0 Å². The van der Waals surface area contributed by atoms with Gasteiger partial charge in [0.1, 0.15) is 0 Å². The molecule has 2 N–H and O–H groups in total. The van der Waals surface area contributed by atoms with Crippen LogP contribution in [-0.2, 0) is 9.53 Å². The Morgan fingerprint density at radius 3 is 2.77 bits per heavy atom. The lowest BCUT2D eigenvalue weighted by Crippen LogP contribution is -2.42. The van der Waals surface area contributed by atoms with Crippen molar-refractivity contribution in [3.05, 3.63) is 0 Å². The van der Waals surface area contributed by atoms with Gasteiger partial charge in [-0.2, -0.15) is 0 Å². The molecule has 4 nitrogen and oxygen atoms in total. The number of carbonyl (C=O) groups excluding carboxylic acids is 1. The number of esters is 1. The number of aliphatic hydroxyl groups is 1. The molecule has 1 saturated heterocycles. The van der Waals surface area contributed by atoms with Gasteiger partial charge in [0, 0.05) is 6.04 Å². The van der Waals surface area contributed by atoms with Crippen molar-refractivity contribution >= 4 is 5.97 Å². The first-order chi connectivity index (χ1) is 6.16. The predicted molar refractivity (Wildman–Crippen MR) is 48.2 cm³/mol. The van der Waals surface area contributed by atoms with Crippen LogP contribution in [0.2, 0.25) is 0 Å². The molecule has 3 atom stereocenters. The number of hydrogen-bond acceptors (Lipinski definition) is 4. The van der Waals surface area contributed by atoms with Crippen LogP contribution in [0.1, 0.15) is 19.8 Å². The maximum atomic E-state index is 11.3. The quantitative estimate of drug-likeness (QED) is 0.606. The fourth-order valence-corrected chi connectivity index (χ4v) is 1.85. The number of rotatable bonds is 3. The summed E-state index contributed by atoms with van der Waals surface area (Å²) >= 11 is 0. The third-order valence-corrected chi connectivity index (χ3v) is 2.52. The normalized spacial score (nSPS) is 26.8. The van der Waals surface area contributed by atoms with Gasteiger partial charge in [-0.3, -0.25) is 4.79 Å². The highest BCUT2D eigenvalue weighted by Gasteiger charge is 2.34. The van der Waals surface area contributed by atoms with Crippen molar-refractivity contribution in [2.24, 2.45) is 5.92 Å². The Morgan fingerprint density at radius 2 is 2.38 bits per heavy atom. The third-order valence-electron chi connectivity index (χ3n) is 2.52. The second kappa shape index (κ2) is 4.58. The van der Waals surface area contributed by atoms with Gasteiger partial charge in [0.05, 0.1) is 19.1 Å². The summed E-state index contributed by atoms with van der Waals surface area (Å²) in [6.07, 6.45) is 1.35. The third kappa shape index (κ3) is 2.42. The summed E-state index contributed by atoms with van der Waals surface area (Å²) in [6.45, 7) is 2.55. The van der Waals surface area contributed by atoms with Gasteiger partial charge in [-0.15, -0.1) is 0 Å². The van der Waals surface area contributed by atoms with Crippen molar-refractivity contribution in [1.29, 1.82) is 0 Å². The van der Waals surface area contributed by atoms with Crippen LogP contribution < -0.4 is 5.32 Å². The van der Waals surface area contributed by atoms with Crippen LogP contribution >= 0.6 is 0 Å². The minimum atomic E-state index is -0.650. The van der Waals surface area contributed by atoms with Crippen LogP contribution in [0.5, 0.6) is 0 Å². The number of methoxy groups -OCH3 is 1. The van der Waals surface area contributed by atoms with Crippen molar-refractivity contribution in [3.8, 4) is 0 Å². The maximum absolute atomic E-state index is 11.3. The topological polar surface area (TPSA) is 58.6 Å². The second-order valence-corrected chi connectivity index (χ2v) is 3.49. The molecule has 76 valence electrons. The van der Waals surface area contributed by atoms with Crippen molar-refractivity contribution < 1.29 is 14.6 Å². The smallest absolute Gasteiger partial charge is 0.312 e. The Kier molecular flexibility index (Phi) is 3.69. The molecule has 1 aliphatic heterocycles. The second-order valence-electron chi connectivity index (χ2n) is 3.49. The van der Waals surface area contributed by atoms with E-state index in [0.717, 1.165) is 19.4 Å². The minimum Gasteiger partial charge on any atom is -0.469 e. The number of aliphatic hydroxyl groups excluding tert-OH is 1. The van der Waals surface area contributed by atoms with Crippen LogP contribution in [-0.4, -0.2) is 36.9 Å². The van der Waals surface area contributed by atoms with Gasteiger partial charge in [0.2, 0.25) is 0 Å². The SMILES string of the molecule is COC(=O)[C@@H]([C@@H]1CCCN1)[C@@H](C)O. The van der Waals surface area contributed by atoms with E-state index in [4.69, 9.17) is 0 Å². The van der Waals surface area contributed by atoms with Crippen LogP contribution in [0.15, 0.2) is 0 Å². The van der Waals surface area contributed by atoms with E-state index >= 15 is 0 Å². The van der Waals surface area contributed by atoms with E-state index in [2.05, 4.69) is 10.1 Å². The minimum absolute atomic E-state index is 0.0763. The molecule has 1 rings (SSSR count). The molecule has 0 bridgehead atoms. The Morgan fingerprint density at radius 1 is 1.69 bits per heavy atom. The lowest BCUT2D eigenvalue weighted by atomic mass is 9.93. The van der Waals surface area contributed by atoms with Crippen LogP contribution in [0.4, 0.5) is 0 Å². The maximum Gasteiger partial charge on any atom is 0.312 e. The van der Waals surface area contributed by atoms with Gasteiger partial charge in [-0.05, 0) is 26.3 Å². The molecule has 1 aliphatic rings. The Hall–Kier alpha value is -0.610. The lowest BCUT2D eigenvalue weighted by molar-refractivity contribution is -0.150. The largest absolute Gasteiger partial charge is 0.469 e. The van der Waals surface area contributed by atoms with E-state index in [1.54, 1.807) is 6.92 Å². The Bertz CT molecular complexity index is 176. The lowest BCUT2D eigenvalue weighted by Gasteiger charge is -2.23. The molecule has 0 aromatic heterocycles. The fraction of sp³-hybridized carbons (Fsp3) is 0.889. The van der Waals surface area contributed by atoms with Crippen LogP contribution in [0.3, 0.4) is 0 Å². The fourth-order valence-electron chi connectivity index (χ4n) is 1.85. The van der Waals surface area contributed by atoms with Crippen molar-refractivity contribution in [3.63, 3.8) is 0 Å². The zero-order valence-electron chi connectivity index (χ0n) is 8.12. The molecule has 1 fully saturated rings. The molecule has 0 aromatic carbocycles. The van der Waals surface area contributed by atoms with Gasteiger partial charge in [-0.1, -0.05) is 0 Å². The van der Waals surface area contributed by atoms with Crippen LogP contribution in [0, 0.1) is 5.92 Å². The molecule has 0 saturated carbocycles. The number of hydrogen-bond donors (Lipinski definition) is 2. The van der Waals surface area contributed by atoms with Crippen molar-refractivity contribution in [2.75, 3.05) is 13.7 Å². The van der Waals surface area contributed by atoms with E-state index in [1.165, 1.54) is 7.11 Å². The molecular weight excluding hydrogens is 170 g/mol. The highest BCUT2D eigenvalue weighted by Crippen LogP contribution is 2.19. The van der Waals surface area contributed by atoms with Crippen molar-refractivity contribution in [1.82, 2.24) is 5.32 Å². The van der Waals surface area contributed by atoms with Gasteiger partial charge < -0.3 is 15.2 Å². The van der Waals surface area contributed by atoms with Crippen molar-refractivity contribution in [2.45, 2.75) is 31.9 Å². The van der Waals surface area contributed by atoms with Gasteiger partial charge in [0.25, 0.3) is 0 Å². The monoisotopic (exact) mass is 187 g/mol. The van der Waals surface area contributed by atoms with Crippen LogP contribution in [0.25, 0.3) is 0 Å². The molecule has 0 radical (unpaired) electrons. The zero-order chi connectivity index (χ0) is 9.84. The molecule has 0 amide bonds. The molecule has 0 aromatic rings. The van der Waals surface area contributed by atoms with E-state index in [1.807, 2.05) is 0 Å². The summed E-state index contributed by atoms with van der Waals surface area (Å²) in [7, 11) is 1.35. The van der Waals surface area contributed by atoms with E-state index in [-0.39, 0.29) is 12.0 Å². The molecule has 1 heterocycles. The Labute approximate surface area is 78.3 Å². The van der Waals surface area contributed by atoms with E-state index < -0.39 is 12.0 Å². The van der Waals surface area contributed by atoms with Gasteiger partial charge >= 0.3 is 5.97 Å². The average Bonchev–Trinajstić information content (AvgIpc) is 2.56. The molecular formula is C9H17NO3. The summed E-state index contributed by atoms with van der Waals surface area (Å²) in [5.74, 6) is -0.748. The standard InChI is InChI=1S/C9H17NO3/c1-6(11)8(9(12)13-2)7-4-3-5-10-7/h6-8,10-11H,3-5H2,1-2H3/t6-,7+,8-/m1/s1. The first-order valence-corrected chi connectivity index (χ1v) is 4.66. The van der Waals surface area contributed by atoms with Gasteiger partial charge in [0.15, 0.2) is 0 Å². The summed E-state index contributed by atoms with van der Waals surface area (Å²) in [5.41, 5.74) is 0. The number of ether oxygens (including phenoxy) is 1. The number of nitrogens with one attached hydrogen (secondary N) is 1. The Balaban J connectivity index is 2.60. The predicted octanol–water partition coefficient (Wildman–Crippen LogP) is -0.0916. The molecule has 13 heavy (non-hydrogen) atoms. The molecule has 0 aliphatic carbocycles. The number of carbonyl (C=O) groups is 1. The first kappa shape index (κ1) is 10.5. The summed E-state index contributed by atoms with van der Waals surface area (Å²) in [5, 5.41) is 12.6. The highest BCUT2D eigenvalue weighted by atomic mass is 16.5. The van der Waals surface area contributed by atoms with Gasteiger partial charge in [-0.25, -0.2) is 0 Å². The zero-order valence-corrected chi connectivity index (χ0v) is 8.12. The summed E-state index contributed by atoms with van der Waals surface area (Å²) in [6, 6.07) is 0.0763. The summed E-state index contributed by atoms with van der Waals surface area (Å²) in [4.78, 5) is 11.3. The first-order valence-electron chi connectivity index (χ1n) is 4.66.